The monoisotopic (exact) mass is 356 g/mol. The molecule has 1 heterocycles. The van der Waals surface area contributed by atoms with Gasteiger partial charge in [-0.2, -0.15) is 0 Å². The largest absolute Gasteiger partial charge is 0.344 e. The summed E-state index contributed by atoms with van der Waals surface area (Å²) >= 11 is 0. The van der Waals surface area contributed by atoms with Crippen molar-refractivity contribution in [3.05, 3.63) is 30.1 Å². The third kappa shape index (κ3) is 2.47. The van der Waals surface area contributed by atoms with Crippen LogP contribution in [0.2, 0.25) is 0 Å². The van der Waals surface area contributed by atoms with Crippen molar-refractivity contribution in [1.82, 2.24) is 5.32 Å². The molecule has 0 radical (unpaired) electrons. The van der Waals surface area contributed by atoms with Crippen molar-refractivity contribution in [1.29, 1.82) is 0 Å². The Kier molecular flexibility index (Phi) is 3.63. The highest BCUT2D eigenvalue weighted by molar-refractivity contribution is 6.02. The number of carbonyl (C=O) groups excluding carboxylic acids is 2. The number of para-hydroxylation sites is 1. The molecule has 4 aliphatic carbocycles. The Morgan fingerprint density at radius 2 is 1.69 bits per heavy atom. The van der Waals surface area contributed by atoms with Gasteiger partial charge in [-0.3, -0.25) is 9.59 Å². The summed E-state index contributed by atoms with van der Waals surface area (Å²) in [5.74, 6) is 1.58. The highest BCUT2D eigenvalue weighted by Gasteiger charge is 2.55. The molecule has 1 aromatic carbocycles. The second-order valence-electron chi connectivity index (χ2n) is 8.95. The first-order valence-electron chi connectivity index (χ1n) is 9.91. The maximum atomic E-state index is 14.0. The summed E-state index contributed by atoms with van der Waals surface area (Å²) in [5.41, 5.74) is 0.0598. The van der Waals surface area contributed by atoms with E-state index < -0.39 is 11.9 Å². The number of halogens is 1. The molecule has 0 unspecified atom stereocenters. The molecule has 4 nitrogen and oxygen atoms in total. The summed E-state index contributed by atoms with van der Waals surface area (Å²) in [6, 6.07) is 5.81. The zero-order chi connectivity index (χ0) is 17.9. The fraction of sp³-hybridized carbons (Fsp3) is 0.619. The van der Waals surface area contributed by atoms with Gasteiger partial charge in [0.2, 0.25) is 11.8 Å². The summed E-state index contributed by atoms with van der Waals surface area (Å²) in [5, 5.41) is 3.05. The molecule has 1 N–H and O–H groups in total. The van der Waals surface area contributed by atoms with E-state index in [1.165, 1.54) is 30.2 Å². The Labute approximate surface area is 153 Å². The molecule has 26 heavy (non-hydrogen) atoms. The van der Waals surface area contributed by atoms with E-state index in [0.29, 0.717) is 36.4 Å². The summed E-state index contributed by atoms with van der Waals surface area (Å²) in [6.07, 6.45) is 7.38. The fourth-order valence-electron chi connectivity index (χ4n) is 6.42. The lowest BCUT2D eigenvalue weighted by molar-refractivity contribution is -0.148. The van der Waals surface area contributed by atoms with Crippen molar-refractivity contribution in [2.45, 2.75) is 51.0 Å². The van der Waals surface area contributed by atoms with Crippen LogP contribution in [0.4, 0.5) is 10.1 Å². The summed E-state index contributed by atoms with van der Waals surface area (Å²) < 4.78 is 14.0. The van der Waals surface area contributed by atoms with Gasteiger partial charge in [0.1, 0.15) is 11.9 Å². The van der Waals surface area contributed by atoms with Crippen molar-refractivity contribution >= 4 is 17.5 Å². The van der Waals surface area contributed by atoms with E-state index in [1.807, 2.05) is 0 Å². The molecule has 5 fully saturated rings. The third-order valence-electron chi connectivity index (χ3n) is 7.17. The van der Waals surface area contributed by atoms with Gasteiger partial charge >= 0.3 is 0 Å². The molecule has 1 saturated heterocycles. The van der Waals surface area contributed by atoms with E-state index in [4.69, 9.17) is 0 Å². The smallest absolute Gasteiger partial charge is 0.249 e. The minimum Gasteiger partial charge on any atom is -0.344 e. The lowest BCUT2D eigenvalue weighted by Gasteiger charge is -2.55. The first-order chi connectivity index (χ1) is 12.5. The number of rotatable bonds is 3. The molecule has 4 bridgehead atoms. The Hall–Kier alpha value is -1.91. The first-order valence-corrected chi connectivity index (χ1v) is 9.91. The number of nitrogens with one attached hydrogen (secondary N) is 1. The molecule has 2 amide bonds. The number of amides is 2. The first kappa shape index (κ1) is 16.3. The Morgan fingerprint density at radius 3 is 2.31 bits per heavy atom. The molecule has 0 spiro atoms. The minimum atomic E-state index is -0.518. The quantitative estimate of drug-likeness (QED) is 0.904. The van der Waals surface area contributed by atoms with E-state index in [1.54, 1.807) is 18.2 Å². The van der Waals surface area contributed by atoms with E-state index in [2.05, 4.69) is 5.32 Å². The Morgan fingerprint density at radius 1 is 1.08 bits per heavy atom. The molecule has 138 valence electrons. The van der Waals surface area contributed by atoms with Crippen LogP contribution in [0.15, 0.2) is 24.3 Å². The Bertz CT molecular complexity index is 727. The van der Waals surface area contributed by atoms with E-state index >= 15 is 0 Å². The van der Waals surface area contributed by atoms with Crippen molar-refractivity contribution < 1.29 is 14.0 Å². The van der Waals surface area contributed by atoms with Crippen LogP contribution in [-0.4, -0.2) is 24.4 Å². The topological polar surface area (TPSA) is 49.4 Å². The summed E-state index contributed by atoms with van der Waals surface area (Å²) in [7, 11) is 0. The van der Waals surface area contributed by atoms with Gasteiger partial charge in [0.15, 0.2) is 0 Å². The number of benzene rings is 1. The van der Waals surface area contributed by atoms with E-state index in [-0.39, 0.29) is 17.2 Å². The van der Waals surface area contributed by atoms with Crippen molar-refractivity contribution in [2.75, 3.05) is 11.4 Å². The molecule has 1 aromatic rings. The third-order valence-corrected chi connectivity index (χ3v) is 7.17. The van der Waals surface area contributed by atoms with Gasteiger partial charge in [-0.15, -0.1) is 0 Å². The van der Waals surface area contributed by atoms with Gasteiger partial charge in [0.05, 0.1) is 5.69 Å². The Balaban J connectivity index is 1.31. The fourth-order valence-corrected chi connectivity index (χ4v) is 6.42. The highest BCUT2D eigenvalue weighted by atomic mass is 19.1. The lowest BCUT2D eigenvalue weighted by Crippen LogP contribution is -2.56. The van der Waals surface area contributed by atoms with Crippen LogP contribution in [0, 0.1) is 29.0 Å². The molecule has 5 aliphatic rings. The number of hydrogen-bond donors (Lipinski definition) is 1. The second-order valence-corrected chi connectivity index (χ2v) is 8.95. The van der Waals surface area contributed by atoms with Crippen molar-refractivity contribution in [3.63, 3.8) is 0 Å². The molecule has 1 aliphatic heterocycles. The maximum Gasteiger partial charge on any atom is 0.249 e. The van der Waals surface area contributed by atoms with Crippen molar-refractivity contribution in [2.24, 2.45) is 23.2 Å². The zero-order valence-electron chi connectivity index (χ0n) is 14.9. The van der Waals surface area contributed by atoms with Crippen LogP contribution >= 0.6 is 0 Å². The standard InChI is InChI=1S/C21H25FN2O2/c22-16-3-1-2-4-18(16)24-6-5-17(19(24)25)23-20(26)21-10-13-7-14(11-21)9-15(8-13)12-21/h1-4,13-15,17H,5-12H2,(H,23,26)/t13?,14?,15?,17-,21?/m0/s1. The summed E-state index contributed by atoms with van der Waals surface area (Å²) in [6.45, 7) is 0.450. The van der Waals surface area contributed by atoms with Gasteiger partial charge < -0.3 is 10.2 Å². The van der Waals surface area contributed by atoms with Crippen LogP contribution in [0.3, 0.4) is 0 Å². The van der Waals surface area contributed by atoms with Gasteiger partial charge in [0.25, 0.3) is 0 Å². The second kappa shape index (κ2) is 5.80. The van der Waals surface area contributed by atoms with Gasteiger partial charge in [-0.1, -0.05) is 12.1 Å². The molecule has 4 saturated carbocycles. The van der Waals surface area contributed by atoms with Crippen LogP contribution in [0.25, 0.3) is 0 Å². The zero-order valence-corrected chi connectivity index (χ0v) is 14.9. The molecule has 1 atom stereocenters. The van der Waals surface area contributed by atoms with Crippen molar-refractivity contribution in [3.8, 4) is 0 Å². The molecule has 0 aromatic heterocycles. The number of hydrogen-bond acceptors (Lipinski definition) is 2. The number of anilines is 1. The van der Waals surface area contributed by atoms with Gasteiger partial charge in [-0.25, -0.2) is 4.39 Å². The molecular formula is C21H25FN2O2. The normalized spacial score (nSPS) is 38.0. The van der Waals surface area contributed by atoms with Crippen LogP contribution < -0.4 is 10.2 Å². The number of carbonyl (C=O) groups is 2. The number of nitrogens with zero attached hydrogens (tertiary/aromatic N) is 1. The van der Waals surface area contributed by atoms with Gasteiger partial charge in [-0.05, 0) is 74.8 Å². The molecule has 6 rings (SSSR count). The lowest BCUT2D eigenvalue weighted by atomic mass is 9.49. The predicted octanol–water partition coefficient (Wildman–Crippen LogP) is 3.26. The molecule has 5 heteroatoms. The summed E-state index contributed by atoms with van der Waals surface area (Å²) in [4.78, 5) is 27.4. The van der Waals surface area contributed by atoms with Crippen LogP contribution in [0.1, 0.15) is 44.9 Å². The SMILES string of the molecule is O=C1[C@@H](NC(=O)C23CC4CC(CC(C4)C2)C3)CCN1c1ccccc1F. The van der Waals surface area contributed by atoms with E-state index in [0.717, 1.165) is 19.3 Å². The van der Waals surface area contributed by atoms with Gasteiger partial charge in [0, 0.05) is 12.0 Å². The average molecular weight is 356 g/mol. The molecular weight excluding hydrogens is 331 g/mol. The average Bonchev–Trinajstić information content (AvgIpc) is 2.95. The van der Waals surface area contributed by atoms with E-state index in [9.17, 15) is 14.0 Å². The minimum absolute atomic E-state index is 0.0744. The highest BCUT2D eigenvalue weighted by Crippen LogP contribution is 2.60. The van der Waals surface area contributed by atoms with Crippen LogP contribution in [-0.2, 0) is 9.59 Å². The van der Waals surface area contributed by atoms with Crippen LogP contribution in [0.5, 0.6) is 0 Å². The predicted molar refractivity (Wildman–Crippen MR) is 95.9 cm³/mol. The maximum absolute atomic E-state index is 14.0.